The van der Waals surface area contributed by atoms with Crippen molar-refractivity contribution in [3.8, 4) is 0 Å². The van der Waals surface area contributed by atoms with Crippen molar-refractivity contribution in [2.45, 2.75) is 39.2 Å². The Morgan fingerprint density at radius 2 is 2.21 bits per heavy atom. The molecule has 9 heteroatoms. The van der Waals surface area contributed by atoms with Crippen LogP contribution in [0.2, 0.25) is 0 Å². The van der Waals surface area contributed by atoms with E-state index in [0.29, 0.717) is 36.0 Å². The fourth-order valence-electron chi connectivity index (χ4n) is 3.46. The lowest BCUT2D eigenvalue weighted by molar-refractivity contribution is -0.384. The summed E-state index contributed by atoms with van der Waals surface area (Å²) in [6.07, 6.45) is 1.69. The molecule has 1 fully saturated rings. The number of rotatable bonds is 4. The third-order valence-electron chi connectivity index (χ3n) is 4.73. The van der Waals surface area contributed by atoms with Gasteiger partial charge in [0.2, 0.25) is 5.95 Å². The number of fused-ring (bicyclic) bond motifs is 1. The van der Waals surface area contributed by atoms with Gasteiger partial charge in [-0.2, -0.15) is 0 Å². The second kappa shape index (κ2) is 7.65. The molecule has 0 saturated carbocycles. The number of anilines is 1. The maximum absolute atomic E-state index is 12.3. The van der Waals surface area contributed by atoms with E-state index in [1.54, 1.807) is 11.0 Å². The molecule has 2 aromatic rings. The lowest BCUT2D eigenvalue weighted by atomic mass is 9.98. The summed E-state index contributed by atoms with van der Waals surface area (Å²) in [5.74, 6) is 0.957. The topological polar surface area (TPSA) is 105 Å². The van der Waals surface area contributed by atoms with Crippen molar-refractivity contribution >= 4 is 28.8 Å². The maximum atomic E-state index is 12.3. The summed E-state index contributed by atoms with van der Waals surface area (Å²) in [6.45, 7) is 7.68. The molecule has 1 aromatic carbocycles. The zero-order valence-electron chi connectivity index (χ0n) is 16.8. The Morgan fingerprint density at radius 1 is 1.46 bits per heavy atom. The summed E-state index contributed by atoms with van der Waals surface area (Å²) < 4.78 is 5.49. The van der Waals surface area contributed by atoms with Gasteiger partial charge in [-0.15, -0.1) is 0 Å². The number of nitrogens with zero attached hydrogens (tertiary/aromatic N) is 4. The number of ether oxygens (including phenoxy) is 1. The molecule has 1 N–H and O–H groups in total. The number of hydrogen-bond donors (Lipinski definition) is 1. The van der Waals surface area contributed by atoms with Gasteiger partial charge in [0.25, 0.3) is 5.69 Å². The quantitative estimate of drug-likeness (QED) is 0.633. The number of likely N-dealkylation sites (tertiary alicyclic amines) is 1. The first kappa shape index (κ1) is 19.9. The van der Waals surface area contributed by atoms with Gasteiger partial charge in [-0.1, -0.05) is 0 Å². The number of carbonyl (C=O) groups excluding carboxylic acids is 1. The molecular weight excluding hydrogens is 362 g/mol. The van der Waals surface area contributed by atoms with Crippen molar-refractivity contribution in [1.29, 1.82) is 0 Å². The molecule has 0 bridgehead atoms. The number of H-pyrrole nitrogens is 1. The molecule has 2 heterocycles. The molecule has 1 saturated heterocycles. The van der Waals surface area contributed by atoms with E-state index in [4.69, 9.17) is 4.74 Å². The first-order valence-corrected chi connectivity index (χ1v) is 9.45. The zero-order valence-corrected chi connectivity index (χ0v) is 16.8. The van der Waals surface area contributed by atoms with Crippen molar-refractivity contribution < 1.29 is 14.5 Å². The molecule has 9 nitrogen and oxygen atoms in total. The molecule has 1 amide bonds. The fraction of sp³-hybridized carbons (Fsp3) is 0.579. The second-order valence-electron chi connectivity index (χ2n) is 8.33. The van der Waals surface area contributed by atoms with Crippen LogP contribution < -0.4 is 4.90 Å². The van der Waals surface area contributed by atoms with Gasteiger partial charge in [0, 0.05) is 38.8 Å². The van der Waals surface area contributed by atoms with Crippen molar-refractivity contribution in [3.05, 3.63) is 28.3 Å². The Bertz CT molecular complexity index is 873. The number of nitro groups is 1. The molecular formula is C19H27N5O4. The van der Waals surface area contributed by atoms with Gasteiger partial charge in [0.1, 0.15) is 5.60 Å². The minimum atomic E-state index is -0.502. The van der Waals surface area contributed by atoms with Crippen molar-refractivity contribution in [2.75, 3.05) is 31.6 Å². The van der Waals surface area contributed by atoms with E-state index in [1.807, 2.05) is 32.7 Å². The van der Waals surface area contributed by atoms with E-state index in [9.17, 15) is 14.9 Å². The number of carbonyl (C=O) groups is 1. The highest BCUT2D eigenvalue weighted by atomic mass is 16.6. The molecule has 0 spiro atoms. The van der Waals surface area contributed by atoms with Crippen LogP contribution in [0.25, 0.3) is 11.0 Å². The normalized spacial score (nSPS) is 17.6. The number of piperidine rings is 1. The summed E-state index contributed by atoms with van der Waals surface area (Å²) in [5.41, 5.74) is 0.852. The lowest BCUT2D eigenvalue weighted by Crippen LogP contribution is -2.45. The minimum absolute atomic E-state index is 0.0330. The predicted molar refractivity (Wildman–Crippen MR) is 107 cm³/mol. The smallest absolute Gasteiger partial charge is 0.410 e. The number of non-ortho nitro benzene ring substituents is 1. The number of hydrogen-bond acceptors (Lipinski definition) is 6. The number of nitro benzene ring substituents is 1. The molecule has 1 aliphatic rings. The molecule has 28 heavy (non-hydrogen) atoms. The van der Waals surface area contributed by atoms with E-state index >= 15 is 0 Å². The summed E-state index contributed by atoms with van der Waals surface area (Å²) in [4.78, 5) is 34.3. The zero-order chi connectivity index (χ0) is 20.5. The van der Waals surface area contributed by atoms with Gasteiger partial charge in [0.05, 0.1) is 16.0 Å². The van der Waals surface area contributed by atoms with Crippen LogP contribution in [0.15, 0.2) is 18.2 Å². The largest absolute Gasteiger partial charge is 0.444 e. The maximum Gasteiger partial charge on any atom is 0.410 e. The Hall–Kier alpha value is -2.84. The Labute approximate surface area is 163 Å². The van der Waals surface area contributed by atoms with Crippen LogP contribution in [-0.4, -0.2) is 58.2 Å². The highest BCUT2D eigenvalue weighted by Crippen LogP contribution is 2.24. The van der Waals surface area contributed by atoms with E-state index in [-0.39, 0.29) is 11.8 Å². The summed E-state index contributed by atoms with van der Waals surface area (Å²) in [7, 11) is 1.93. The molecule has 0 radical (unpaired) electrons. The van der Waals surface area contributed by atoms with Gasteiger partial charge in [-0.3, -0.25) is 10.1 Å². The van der Waals surface area contributed by atoms with E-state index in [0.717, 1.165) is 19.4 Å². The highest BCUT2D eigenvalue weighted by Gasteiger charge is 2.28. The average Bonchev–Trinajstić information content (AvgIpc) is 3.04. The Balaban J connectivity index is 1.65. The number of imidazole rings is 1. The van der Waals surface area contributed by atoms with Gasteiger partial charge in [-0.05, 0) is 45.6 Å². The van der Waals surface area contributed by atoms with E-state index in [2.05, 4.69) is 9.97 Å². The SMILES string of the molecule is CN(CC1CCCN(C(=O)OC(C)(C)C)C1)c1nc2ccc([N+](=O)[O-])cc2[nH]1. The minimum Gasteiger partial charge on any atom is -0.444 e. The molecule has 152 valence electrons. The van der Waals surface area contributed by atoms with Crippen molar-refractivity contribution in [1.82, 2.24) is 14.9 Å². The third kappa shape index (κ3) is 4.71. The Kier molecular flexibility index (Phi) is 5.44. The van der Waals surface area contributed by atoms with Crippen LogP contribution in [0.5, 0.6) is 0 Å². The van der Waals surface area contributed by atoms with Gasteiger partial charge in [0.15, 0.2) is 0 Å². The van der Waals surface area contributed by atoms with Crippen LogP contribution in [0.3, 0.4) is 0 Å². The number of aromatic amines is 1. The monoisotopic (exact) mass is 389 g/mol. The van der Waals surface area contributed by atoms with Crippen molar-refractivity contribution in [2.24, 2.45) is 5.92 Å². The predicted octanol–water partition coefficient (Wildman–Crippen LogP) is 3.55. The fourth-order valence-corrected chi connectivity index (χ4v) is 3.46. The number of nitrogens with one attached hydrogen (secondary N) is 1. The molecule has 1 unspecified atom stereocenters. The standard InChI is InChI=1S/C19H27N5O4/c1-19(2,3)28-18(25)23-9-5-6-13(12-23)11-22(4)17-20-15-8-7-14(24(26)27)10-16(15)21-17/h7-8,10,13H,5-6,9,11-12H2,1-4H3,(H,20,21). The molecule has 1 aromatic heterocycles. The summed E-state index contributed by atoms with van der Waals surface area (Å²) in [6, 6.07) is 4.59. The van der Waals surface area contributed by atoms with Crippen LogP contribution >= 0.6 is 0 Å². The first-order chi connectivity index (χ1) is 13.1. The molecule has 1 aliphatic heterocycles. The lowest BCUT2D eigenvalue weighted by Gasteiger charge is -2.35. The summed E-state index contributed by atoms with van der Waals surface area (Å²) in [5, 5.41) is 10.9. The van der Waals surface area contributed by atoms with Gasteiger partial charge in [-0.25, -0.2) is 9.78 Å². The van der Waals surface area contributed by atoms with E-state index in [1.165, 1.54) is 12.1 Å². The van der Waals surface area contributed by atoms with E-state index < -0.39 is 10.5 Å². The number of amides is 1. The first-order valence-electron chi connectivity index (χ1n) is 9.45. The molecule has 0 aliphatic carbocycles. The molecule has 1 atom stereocenters. The average molecular weight is 389 g/mol. The highest BCUT2D eigenvalue weighted by molar-refractivity contribution is 5.80. The van der Waals surface area contributed by atoms with Crippen LogP contribution in [0.1, 0.15) is 33.6 Å². The second-order valence-corrected chi connectivity index (χ2v) is 8.33. The molecule has 3 rings (SSSR count). The Morgan fingerprint density at radius 3 is 2.89 bits per heavy atom. The van der Waals surface area contributed by atoms with Crippen LogP contribution in [0.4, 0.5) is 16.4 Å². The van der Waals surface area contributed by atoms with Gasteiger partial charge >= 0.3 is 6.09 Å². The van der Waals surface area contributed by atoms with Crippen LogP contribution in [0, 0.1) is 16.0 Å². The van der Waals surface area contributed by atoms with Crippen LogP contribution in [-0.2, 0) is 4.74 Å². The third-order valence-corrected chi connectivity index (χ3v) is 4.73. The van der Waals surface area contributed by atoms with Gasteiger partial charge < -0.3 is 19.5 Å². The summed E-state index contributed by atoms with van der Waals surface area (Å²) >= 11 is 0. The number of benzene rings is 1. The van der Waals surface area contributed by atoms with Crippen molar-refractivity contribution in [3.63, 3.8) is 0 Å². The number of aromatic nitrogens is 2.